The Morgan fingerprint density at radius 1 is 1.06 bits per heavy atom. The molecule has 1 unspecified atom stereocenters. The highest BCUT2D eigenvalue weighted by molar-refractivity contribution is 5.19. The molecule has 2 nitrogen and oxygen atoms in total. The van der Waals surface area contributed by atoms with Gasteiger partial charge in [0.05, 0.1) is 0 Å². The lowest BCUT2D eigenvalue weighted by molar-refractivity contribution is -0.00100. The third kappa shape index (κ3) is 4.71. The van der Waals surface area contributed by atoms with E-state index in [1.807, 2.05) is 6.07 Å². The minimum absolute atomic E-state index is 0. The maximum atomic E-state index is 5.82. The van der Waals surface area contributed by atoms with E-state index >= 15 is 0 Å². The first-order valence-electron chi connectivity index (χ1n) is 5.32. The minimum Gasteiger partial charge on any atom is -1.00 e. The van der Waals surface area contributed by atoms with Gasteiger partial charge < -0.3 is 30.5 Å². The zero-order valence-corrected chi connectivity index (χ0v) is 11.4. The van der Waals surface area contributed by atoms with Crippen molar-refractivity contribution in [3.8, 4) is 0 Å². The topological polar surface area (TPSA) is 29.3 Å². The summed E-state index contributed by atoms with van der Waals surface area (Å²) in [7, 11) is 0. The quantitative estimate of drug-likeness (QED) is 0.587. The fourth-order valence-corrected chi connectivity index (χ4v) is 1.84. The Labute approximate surface area is 111 Å². The van der Waals surface area contributed by atoms with Gasteiger partial charge in [0.15, 0.2) is 0 Å². The van der Waals surface area contributed by atoms with Crippen LogP contribution in [0.3, 0.4) is 0 Å². The van der Waals surface area contributed by atoms with E-state index < -0.39 is 0 Å². The molecule has 0 aliphatic rings. The maximum absolute atomic E-state index is 5.82. The smallest absolute Gasteiger partial charge is 0.0470 e. The number of halogens is 2. The van der Waals surface area contributed by atoms with Gasteiger partial charge >= 0.3 is 0 Å². The summed E-state index contributed by atoms with van der Waals surface area (Å²) in [5.74, 6) is 0. The summed E-state index contributed by atoms with van der Waals surface area (Å²) < 4.78 is 0. The van der Waals surface area contributed by atoms with Crippen LogP contribution in [0.25, 0.3) is 0 Å². The lowest BCUT2D eigenvalue weighted by Crippen LogP contribution is -3.00. The number of nitrogens with zero attached hydrogens (tertiary/aromatic N) is 1. The van der Waals surface area contributed by atoms with Crippen LogP contribution in [0, 0.1) is 0 Å². The predicted molar refractivity (Wildman–Crippen MR) is 61.2 cm³/mol. The first-order chi connectivity index (χ1) is 6.83. The van der Waals surface area contributed by atoms with Gasteiger partial charge in [0.2, 0.25) is 0 Å². The van der Waals surface area contributed by atoms with Crippen molar-refractivity contribution in [3.63, 3.8) is 0 Å². The van der Waals surface area contributed by atoms with E-state index in [-0.39, 0.29) is 24.8 Å². The molecule has 94 valence electrons. The van der Waals surface area contributed by atoms with E-state index in [0.29, 0.717) is 12.6 Å². The summed E-state index contributed by atoms with van der Waals surface area (Å²) in [5.41, 5.74) is 7.13. The Kier molecular flexibility index (Phi) is 11.2. The Hall–Kier alpha value is -0.280. The molecule has 1 aromatic rings. The summed E-state index contributed by atoms with van der Waals surface area (Å²) >= 11 is 0. The molecule has 0 aliphatic heterocycles. The van der Waals surface area contributed by atoms with E-state index in [1.54, 1.807) is 0 Å². The molecule has 4 heteroatoms. The summed E-state index contributed by atoms with van der Waals surface area (Å²) in [6, 6.07) is 10.8. The fourth-order valence-electron chi connectivity index (χ4n) is 1.84. The number of rotatable bonds is 5. The third-order valence-corrected chi connectivity index (χ3v) is 2.66. The van der Waals surface area contributed by atoms with Gasteiger partial charge in [-0.05, 0) is 18.7 Å². The molecule has 0 amide bonds. The highest BCUT2D eigenvalue weighted by Gasteiger charge is 2.14. The van der Waals surface area contributed by atoms with Crippen molar-refractivity contribution < 1.29 is 24.8 Å². The Morgan fingerprint density at radius 2 is 1.56 bits per heavy atom. The Bertz CT molecular complexity index is 250. The summed E-state index contributed by atoms with van der Waals surface area (Å²) in [6.07, 6.45) is 0. The van der Waals surface area contributed by atoms with E-state index in [9.17, 15) is 0 Å². The van der Waals surface area contributed by atoms with Gasteiger partial charge in [0, 0.05) is 12.6 Å². The second kappa shape index (κ2) is 9.91. The number of likely N-dealkylation sites (N-methyl/N-ethyl adjacent to an activating group) is 1. The molecule has 0 spiro atoms. The second-order valence-electron chi connectivity index (χ2n) is 3.38. The first-order valence-corrected chi connectivity index (χ1v) is 5.32. The van der Waals surface area contributed by atoms with Crippen molar-refractivity contribution >= 4 is 0 Å². The van der Waals surface area contributed by atoms with Gasteiger partial charge in [-0.15, -0.1) is 0 Å². The van der Waals surface area contributed by atoms with Gasteiger partial charge in [0.1, 0.15) is 0 Å². The van der Waals surface area contributed by atoms with Crippen molar-refractivity contribution in [2.45, 2.75) is 19.9 Å². The molecular weight excluding hydrogens is 243 g/mol. The number of hydrogen-bond donors (Lipinski definition) is 1. The molecule has 0 aliphatic carbocycles. The van der Waals surface area contributed by atoms with Crippen LogP contribution >= 0.6 is 0 Å². The highest BCUT2D eigenvalue weighted by atomic mass is 35.5. The predicted octanol–water partition coefficient (Wildman–Crippen LogP) is -3.96. The van der Waals surface area contributed by atoms with Crippen molar-refractivity contribution in [1.29, 1.82) is 0 Å². The zero-order valence-electron chi connectivity index (χ0n) is 9.87. The third-order valence-electron chi connectivity index (χ3n) is 2.66. The molecule has 0 fully saturated rings. The van der Waals surface area contributed by atoms with Crippen LogP contribution in [-0.4, -0.2) is 24.5 Å². The zero-order chi connectivity index (χ0) is 10.4. The first kappa shape index (κ1) is 18.1. The lowest BCUT2D eigenvalue weighted by atomic mass is 10.1. The minimum atomic E-state index is 0. The van der Waals surface area contributed by atoms with E-state index in [4.69, 9.17) is 5.73 Å². The maximum Gasteiger partial charge on any atom is 0.0470 e. The van der Waals surface area contributed by atoms with Crippen molar-refractivity contribution in [2.24, 2.45) is 5.73 Å². The van der Waals surface area contributed by atoms with Crippen LogP contribution in [0.5, 0.6) is 0 Å². The summed E-state index contributed by atoms with van der Waals surface area (Å²) in [6.45, 7) is 7.14. The highest BCUT2D eigenvalue weighted by Crippen LogP contribution is 2.18. The standard InChI is InChI=1S/C12H20N2.2ClH/c1-3-14(4-2)12(10-13)11-8-6-5-7-9-11;;/h5-9,12H,3-4,10,13H2,1-2H3;2*1H/p-2. The molecule has 0 heterocycles. The fraction of sp³-hybridized carbons (Fsp3) is 0.500. The Balaban J connectivity index is 0. The molecule has 16 heavy (non-hydrogen) atoms. The molecule has 1 aromatic carbocycles. The second-order valence-corrected chi connectivity index (χ2v) is 3.38. The van der Waals surface area contributed by atoms with Crippen LogP contribution < -0.4 is 30.5 Å². The van der Waals surface area contributed by atoms with Crippen LogP contribution in [0.4, 0.5) is 0 Å². The average Bonchev–Trinajstić information content (AvgIpc) is 2.27. The molecule has 0 saturated heterocycles. The van der Waals surface area contributed by atoms with Gasteiger partial charge in [-0.1, -0.05) is 44.2 Å². The Morgan fingerprint density at radius 3 is 1.94 bits per heavy atom. The monoisotopic (exact) mass is 262 g/mol. The summed E-state index contributed by atoms with van der Waals surface area (Å²) in [5, 5.41) is 0. The van der Waals surface area contributed by atoms with Crippen molar-refractivity contribution in [3.05, 3.63) is 35.9 Å². The van der Waals surface area contributed by atoms with Crippen LogP contribution in [0.1, 0.15) is 25.5 Å². The number of hydrogen-bond acceptors (Lipinski definition) is 2. The normalized spacial score (nSPS) is 11.5. The van der Waals surface area contributed by atoms with Gasteiger partial charge in [-0.3, -0.25) is 4.90 Å². The molecule has 2 N–H and O–H groups in total. The molecule has 0 saturated carbocycles. The van der Waals surface area contributed by atoms with Crippen LogP contribution in [-0.2, 0) is 0 Å². The van der Waals surface area contributed by atoms with Crippen molar-refractivity contribution in [2.75, 3.05) is 19.6 Å². The van der Waals surface area contributed by atoms with Crippen LogP contribution in [0.15, 0.2) is 30.3 Å². The molecule has 0 radical (unpaired) electrons. The van der Waals surface area contributed by atoms with Gasteiger partial charge in [0.25, 0.3) is 0 Å². The number of nitrogens with two attached hydrogens (primary N) is 1. The van der Waals surface area contributed by atoms with E-state index in [0.717, 1.165) is 13.1 Å². The molecule has 1 atom stereocenters. The average molecular weight is 263 g/mol. The number of benzene rings is 1. The van der Waals surface area contributed by atoms with E-state index in [2.05, 4.69) is 43.0 Å². The van der Waals surface area contributed by atoms with Gasteiger partial charge in [-0.2, -0.15) is 0 Å². The molecule has 0 bridgehead atoms. The lowest BCUT2D eigenvalue weighted by Gasteiger charge is -2.28. The molecule has 0 aromatic heterocycles. The van der Waals surface area contributed by atoms with Crippen molar-refractivity contribution in [1.82, 2.24) is 4.90 Å². The largest absolute Gasteiger partial charge is 1.00 e. The molecular formula is C12H20Cl2N2-2. The summed E-state index contributed by atoms with van der Waals surface area (Å²) in [4.78, 5) is 2.38. The van der Waals surface area contributed by atoms with Gasteiger partial charge in [-0.25, -0.2) is 0 Å². The van der Waals surface area contributed by atoms with E-state index in [1.165, 1.54) is 5.56 Å². The molecule has 1 rings (SSSR count). The SMILES string of the molecule is CCN(CC)C(CN)c1ccccc1.[Cl-].[Cl-]. The van der Waals surface area contributed by atoms with Crippen LogP contribution in [0.2, 0.25) is 0 Å².